The molecule has 0 saturated carbocycles. The van der Waals surface area contributed by atoms with Crippen LogP contribution in [0.3, 0.4) is 0 Å². The molecule has 1 aromatic heterocycles. The van der Waals surface area contributed by atoms with Crippen LogP contribution >= 0.6 is 0 Å². The summed E-state index contributed by atoms with van der Waals surface area (Å²) < 4.78 is 24.6. The normalized spacial score (nSPS) is 12.3. The zero-order valence-corrected chi connectivity index (χ0v) is 16.8. The number of hydrogen-bond acceptors (Lipinski definition) is 3. The van der Waals surface area contributed by atoms with Crippen molar-refractivity contribution in [1.82, 2.24) is 9.88 Å². The molecule has 5 nitrogen and oxygen atoms in total. The second-order valence-corrected chi connectivity index (χ2v) is 7.53. The SMILES string of the molecule is O=C(c1cccc(F)c1)N(CCc1c[nH]c2ccccc12)Cc1ccc2c(c1)OCO2. The fraction of sp³-hybridized carbons (Fsp3) is 0.160. The Bertz CT molecular complexity index is 1250. The van der Waals surface area contributed by atoms with Crippen LogP contribution in [0.15, 0.2) is 72.9 Å². The summed E-state index contributed by atoms with van der Waals surface area (Å²) in [6.45, 7) is 1.07. The number of hydrogen-bond donors (Lipinski definition) is 1. The van der Waals surface area contributed by atoms with Crippen molar-refractivity contribution < 1.29 is 18.7 Å². The van der Waals surface area contributed by atoms with E-state index in [-0.39, 0.29) is 12.7 Å². The number of carbonyl (C=O) groups is 1. The summed E-state index contributed by atoms with van der Waals surface area (Å²) in [4.78, 5) is 18.3. The van der Waals surface area contributed by atoms with E-state index in [1.807, 2.05) is 42.6 Å². The van der Waals surface area contributed by atoms with Crippen molar-refractivity contribution in [1.29, 1.82) is 0 Å². The number of benzene rings is 3. The number of aromatic nitrogens is 1. The van der Waals surface area contributed by atoms with Crippen LogP contribution in [0.2, 0.25) is 0 Å². The monoisotopic (exact) mass is 416 g/mol. The molecule has 1 amide bonds. The van der Waals surface area contributed by atoms with E-state index in [1.165, 1.54) is 12.1 Å². The minimum absolute atomic E-state index is 0.200. The molecule has 2 heterocycles. The number of amides is 1. The third-order valence-electron chi connectivity index (χ3n) is 5.50. The summed E-state index contributed by atoms with van der Waals surface area (Å²) >= 11 is 0. The quantitative estimate of drug-likeness (QED) is 0.485. The lowest BCUT2D eigenvalue weighted by atomic mass is 10.1. The van der Waals surface area contributed by atoms with Crippen LogP contribution in [0, 0.1) is 5.82 Å². The molecule has 3 aromatic carbocycles. The number of nitrogens with zero attached hydrogens (tertiary/aromatic N) is 1. The summed E-state index contributed by atoms with van der Waals surface area (Å²) in [6, 6.07) is 19.6. The molecular weight excluding hydrogens is 395 g/mol. The number of rotatable bonds is 6. The van der Waals surface area contributed by atoms with Crippen LogP contribution in [-0.2, 0) is 13.0 Å². The van der Waals surface area contributed by atoms with E-state index < -0.39 is 5.82 Å². The predicted molar refractivity (Wildman–Crippen MR) is 116 cm³/mol. The van der Waals surface area contributed by atoms with Crippen molar-refractivity contribution in [3.8, 4) is 11.5 Å². The van der Waals surface area contributed by atoms with Gasteiger partial charge in [-0.2, -0.15) is 0 Å². The Labute approximate surface area is 179 Å². The molecule has 156 valence electrons. The number of H-pyrrole nitrogens is 1. The van der Waals surface area contributed by atoms with E-state index in [0.717, 1.165) is 22.0 Å². The fourth-order valence-corrected chi connectivity index (χ4v) is 3.91. The minimum atomic E-state index is -0.425. The van der Waals surface area contributed by atoms with Crippen molar-refractivity contribution in [2.24, 2.45) is 0 Å². The van der Waals surface area contributed by atoms with Crippen molar-refractivity contribution in [3.63, 3.8) is 0 Å². The smallest absolute Gasteiger partial charge is 0.254 e. The van der Waals surface area contributed by atoms with Gasteiger partial charge in [-0.15, -0.1) is 0 Å². The predicted octanol–water partition coefficient (Wildman–Crippen LogP) is 4.92. The van der Waals surface area contributed by atoms with Crippen molar-refractivity contribution in [2.45, 2.75) is 13.0 Å². The number of aromatic amines is 1. The van der Waals surface area contributed by atoms with Crippen LogP contribution < -0.4 is 9.47 Å². The summed E-state index contributed by atoms with van der Waals surface area (Å²) in [5.41, 5.74) is 3.46. The molecule has 0 bridgehead atoms. The molecular formula is C25H21FN2O3. The van der Waals surface area contributed by atoms with Gasteiger partial charge in [0.1, 0.15) is 5.82 Å². The van der Waals surface area contributed by atoms with Gasteiger partial charge in [-0.05, 0) is 53.9 Å². The van der Waals surface area contributed by atoms with Gasteiger partial charge < -0.3 is 19.4 Å². The van der Waals surface area contributed by atoms with Gasteiger partial charge in [-0.1, -0.05) is 30.3 Å². The Balaban J connectivity index is 1.41. The standard InChI is InChI=1S/C25H21FN2O3/c26-20-5-3-4-18(13-20)25(29)28(15-17-8-9-23-24(12-17)31-16-30-23)11-10-19-14-27-22-7-2-1-6-21(19)22/h1-9,12-14,27H,10-11,15-16H2. The van der Waals surface area contributed by atoms with Crippen LogP contribution in [0.25, 0.3) is 10.9 Å². The fourth-order valence-electron chi connectivity index (χ4n) is 3.91. The molecule has 1 N–H and O–H groups in total. The molecule has 6 heteroatoms. The maximum Gasteiger partial charge on any atom is 0.254 e. The Morgan fingerprint density at radius 3 is 2.77 bits per heavy atom. The van der Waals surface area contributed by atoms with Crippen molar-refractivity contribution >= 4 is 16.8 Å². The average molecular weight is 416 g/mol. The number of halogens is 1. The van der Waals surface area contributed by atoms with E-state index in [2.05, 4.69) is 11.1 Å². The molecule has 0 fully saturated rings. The summed E-state index contributed by atoms with van der Waals surface area (Å²) in [6.07, 6.45) is 2.66. The van der Waals surface area contributed by atoms with Crippen molar-refractivity contribution in [2.75, 3.05) is 13.3 Å². The third-order valence-corrected chi connectivity index (χ3v) is 5.50. The van der Waals surface area contributed by atoms with Crippen molar-refractivity contribution in [3.05, 3.63) is 95.4 Å². The van der Waals surface area contributed by atoms with E-state index >= 15 is 0 Å². The summed E-state index contributed by atoms with van der Waals surface area (Å²) in [5, 5.41) is 1.14. The number of ether oxygens (including phenoxy) is 2. The van der Waals surface area contributed by atoms with E-state index in [0.29, 0.717) is 36.6 Å². The van der Waals surface area contributed by atoms with Gasteiger partial charge in [-0.3, -0.25) is 4.79 Å². The highest BCUT2D eigenvalue weighted by molar-refractivity contribution is 5.94. The first kappa shape index (κ1) is 19.2. The Kier molecular flexibility index (Phi) is 5.04. The van der Waals surface area contributed by atoms with Crippen LogP contribution in [0.1, 0.15) is 21.5 Å². The maximum absolute atomic E-state index is 13.7. The molecule has 0 radical (unpaired) electrons. The number of fused-ring (bicyclic) bond motifs is 2. The van der Waals surface area contributed by atoms with Gasteiger partial charge in [0.05, 0.1) is 0 Å². The van der Waals surface area contributed by atoms with Gasteiger partial charge >= 0.3 is 0 Å². The van der Waals surface area contributed by atoms with Gasteiger partial charge in [0.15, 0.2) is 11.5 Å². The first-order valence-electron chi connectivity index (χ1n) is 10.2. The number of carbonyl (C=O) groups excluding carboxylic acids is 1. The molecule has 0 spiro atoms. The topological polar surface area (TPSA) is 54.6 Å². The second-order valence-electron chi connectivity index (χ2n) is 7.53. The highest BCUT2D eigenvalue weighted by atomic mass is 19.1. The lowest BCUT2D eigenvalue weighted by Gasteiger charge is -2.23. The van der Waals surface area contributed by atoms with Crippen LogP contribution in [0.5, 0.6) is 11.5 Å². The molecule has 0 saturated heterocycles. The molecule has 1 aliphatic rings. The molecule has 5 rings (SSSR count). The maximum atomic E-state index is 13.7. The molecule has 4 aromatic rings. The average Bonchev–Trinajstić information content (AvgIpc) is 3.42. The van der Waals surface area contributed by atoms with Crippen LogP contribution in [-0.4, -0.2) is 29.1 Å². The highest BCUT2D eigenvalue weighted by Crippen LogP contribution is 2.33. The molecule has 0 unspecified atom stereocenters. The Morgan fingerprint density at radius 2 is 1.87 bits per heavy atom. The summed E-state index contributed by atoms with van der Waals surface area (Å²) in [7, 11) is 0. The minimum Gasteiger partial charge on any atom is -0.454 e. The Morgan fingerprint density at radius 1 is 1.00 bits per heavy atom. The van der Waals surface area contributed by atoms with E-state index in [9.17, 15) is 9.18 Å². The third kappa shape index (κ3) is 3.97. The second kappa shape index (κ2) is 8.14. The van der Waals surface area contributed by atoms with Gasteiger partial charge in [0.2, 0.25) is 6.79 Å². The number of nitrogens with one attached hydrogen (secondary N) is 1. The van der Waals surface area contributed by atoms with Crippen LogP contribution in [0.4, 0.5) is 4.39 Å². The lowest BCUT2D eigenvalue weighted by Crippen LogP contribution is -2.32. The molecule has 0 atom stereocenters. The molecule has 1 aliphatic heterocycles. The first-order valence-corrected chi connectivity index (χ1v) is 10.2. The zero-order valence-electron chi connectivity index (χ0n) is 16.8. The van der Waals surface area contributed by atoms with E-state index in [4.69, 9.17) is 9.47 Å². The molecule has 31 heavy (non-hydrogen) atoms. The summed E-state index contributed by atoms with van der Waals surface area (Å²) in [5.74, 6) is 0.736. The van der Waals surface area contributed by atoms with E-state index in [1.54, 1.807) is 17.0 Å². The largest absolute Gasteiger partial charge is 0.454 e. The highest BCUT2D eigenvalue weighted by Gasteiger charge is 2.20. The van der Waals surface area contributed by atoms with Gasteiger partial charge in [0.25, 0.3) is 5.91 Å². The first-order chi connectivity index (χ1) is 15.2. The number of para-hydroxylation sites is 1. The zero-order chi connectivity index (χ0) is 21.2. The van der Waals surface area contributed by atoms with Gasteiger partial charge in [0, 0.05) is 35.8 Å². The molecule has 0 aliphatic carbocycles. The Hall–Kier alpha value is -3.80. The van der Waals surface area contributed by atoms with Gasteiger partial charge in [-0.25, -0.2) is 4.39 Å². The lowest BCUT2D eigenvalue weighted by molar-refractivity contribution is 0.0744.